The van der Waals surface area contributed by atoms with Gasteiger partial charge in [-0.25, -0.2) is 4.79 Å². The third kappa shape index (κ3) is 4.28. The highest BCUT2D eigenvalue weighted by Gasteiger charge is 2.49. The number of allylic oxidation sites excluding steroid dienone is 1. The lowest BCUT2D eigenvalue weighted by molar-refractivity contribution is -0.0509. The molecule has 3 rings (SSSR count). The second-order valence-electron chi connectivity index (χ2n) is 6.28. The average Bonchev–Trinajstić information content (AvgIpc) is 2.66. The minimum atomic E-state index is -5.95. The molecule has 0 aromatic heterocycles. The van der Waals surface area contributed by atoms with Crippen LogP contribution in [0, 0.1) is 0 Å². The molecule has 0 unspecified atom stereocenters. The van der Waals surface area contributed by atoms with Crippen LogP contribution < -0.4 is 0 Å². The number of methoxy groups -OCH3 is 1. The standard InChI is InChI=1S/C19H13Cl2F3O5S/c1-28-18(25)11-3-5-13-10(8-11)2-6-15(14-7-4-12(20)9-16(14)21)17(13)29-30(26,27)19(22,23)24/h3-5,7-9H,2,6H2,1H3. The number of benzene rings is 2. The van der Waals surface area contributed by atoms with Gasteiger partial charge in [0.15, 0.2) is 5.76 Å². The number of carbonyl (C=O) groups excluding carboxylic acids is 1. The maximum absolute atomic E-state index is 13.0. The normalized spacial score (nSPS) is 14.3. The first kappa shape index (κ1) is 22.5. The van der Waals surface area contributed by atoms with E-state index in [0.29, 0.717) is 17.0 Å². The molecule has 5 nitrogen and oxygen atoms in total. The minimum absolute atomic E-state index is 0.0998. The Hall–Kier alpha value is -2.23. The van der Waals surface area contributed by atoms with Crippen molar-refractivity contribution in [2.45, 2.75) is 18.3 Å². The Bertz CT molecular complexity index is 1160. The molecule has 0 aliphatic heterocycles. The van der Waals surface area contributed by atoms with E-state index in [1.165, 1.54) is 43.5 Å². The Labute approximate surface area is 180 Å². The molecule has 30 heavy (non-hydrogen) atoms. The molecule has 0 radical (unpaired) electrons. The maximum Gasteiger partial charge on any atom is 0.534 e. The van der Waals surface area contributed by atoms with Crippen molar-refractivity contribution in [1.29, 1.82) is 0 Å². The molecule has 0 bridgehead atoms. The van der Waals surface area contributed by atoms with E-state index in [9.17, 15) is 26.4 Å². The summed E-state index contributed by atoms with van der Waals surface area (Å²) in [6, 6.07) is 8.37. The lowest BCUT2D eigenvalue weighted by Gasteiger charge is -2.24. The maximum atomic E-state index is 13.0. The summed E-state index contributed by atoms with van der Waals surface area (Å²) < 4.78 is 71.7. The summed E-state index contributed by atoms with van der Waals surface area (Å²) in [6.45, 7) is 0. The molecule has 0 heterocycles. The third-order valence-corrected chi connectivity index (χ3v) is 5.92. The summed E-state index contributed by atoms with van der Waals surface area (Å²) in [5.74, 6) is -1.15. The molecule has 1 aliphatic rings. The molecule has 2 aromatic carbocycles. The van der Waals surface area contributed by atoms with E-state index in [1.54, 1.807) is 0 Å². The second-order valence-corrected chi connectivity index (χ2v) is 8.66. The van der Waals surface area contributed by atoms with Crippen LogP contribution in [-0.4, -0.2) is 27.0 Å². The molecule has 0 saturated heterocycles. The predicted molar refractivity (Wildman–Crippen MR) is 105 cm³/mol. The predicted octanol–water partition coefficient (Wildman–Crippen LogP) is 5.46. The van der Waals surface area contributed by atoms with Crippen LogP contribution in [0.15, 0.2) is 36.4 Å². The number of esters is 1. The molecular weight excluding hydrogens is 468 g/mol. The largest absolute Gasteiger partial charge is 0.534 e. The molecule has 160 valence electrons. The number of alkyl halides is 3. The van der Waals surface area contributed by atoms with Gasteiger partial charge in [-0.3, -0.25) is 0 Å². The highest BCUT2D eigenvalue weighted by Crippen LogP contribution is 2.43. The van der Waals surface area contributed by atoms with Gasteiger partial charge in [0, 0.05) is 26.7 Å². The molecule has 2 aromatic rings. The molecule has 1 aliphatic carbocycles. The Balaban J connectivity index is 2.23. The van der Waals surface area contributed by atoms with Crippen LogP contribution in [0.25, 0.3) is 11.3 Å². The first-order chi connectivity index (χ1) is 13.9. The van der Waals surface area contributed by atoms with Gasteiger partial charge in [0.1, 0.15) is 0 Å². The van der Waals surface area contributed by atoms with Crippen LogP contribution >= 0.6 is 23.2 Å². The smallest absolute Gasteiger partial charge is 0.465 e. The van der Waals surface area contributed by atoms with E-state index in [4.69, 9.17) is 23.2 Å². The van der Waals surface area contributed by atoms with Crippen molar-refractivity contribution < 1.29 is 35.3 Å². The molecule has 0 N–H and O–H groups in total. The monoisotopic (exact) mass is 480 g/mol. The number of hydrogen-bond acceptors (Lipinski definition) is 5. The zero-order chi connectivity index (χ0) is 22.3. The minimum Gasteiger partial charge on any atom is -0.465 e. The number of fused-ring (bicyclic) bond motifs is 1. The van der Waals surface area contributed by atoms with E-state index in [0.717, 1.165) is 0 Å². The van der Waals surface area contributed by atoms with Crippen molar-refractivity contribution in [3.8, 4) is 0 Å². The Morgan fingerprint density at radius 1 is 1.03 bits per heavy atom. The van der Waals surface area contributed by atoms with Gasteiger partial charge in [0.05, 0.1) is 12.7 Å². The number of hydrogen-bond donors (Lipinski definition) is 0. The van der Waals surface area contributed by atoms with Crippen molar-refractivity contribution in [3.05, 3.63) is 68.7 Å². The van der Waals surface area contributed by atoms with E-state index >= 15 is 0 Å². The van der Waals surface area contributed by atoms with Crippen LogP contribution in [0.4, 0.5) is 13.2 Å². The fourth-order valence-electron chi connectivity index (χ4n) is 3.05. The third-order valence-electron chi connectivity index (χ3n) is 4.42. The van der Waals surface area contributed by atoms with Crippen LogP contribution in [-0.2, 0) is 25.5 Å². The number of carbonyl (C=O) groups is 1. The van der Waals surface area contributed by atoms with Crippen LogP contribution in [0.1, 0.15) is 33.5 Å². The number of halogens is 5. The summed E-state index contributed by atoms with van der Waals surface area (Å²) >= 11 is 12.1. The van der Waals surface area contributed by atoms with Gasteiger partial charge in [-0.15, -0.1) is 0 Å². The summed E-state index contributed by atoms with van der Waals surface area (Å²) in [4.78, 5) is 11.8. The lowest BCUT2D eigenvalue weighted by atomic mass is 9.86. The zero-order valence-electron chi connectivity index (χ0n) is 15.2. The van der Waals surface area contributed by atoms with Gasteiger partial charge in [0.2, 0.25) is 0 Å². The SMILES string of the molecule is COC(=O)c1ccc2c(c1)CCC(c1ccc(Cl)cc1Cl)=C2OS(=O)(=O)C(F)(F)F. The molecule has 0 atom stereocenters. The second kappa shape index (κ2) is 8.13. The Morgan fingerprint density at radius 2 is 1.70 bits per heavy atom. The van der Waals surface area contributed by atoms with Crippen LogP contribution in [0.3, 0.4) is 0 Å². The number of aryl methyl sites for hydroxylation is 1. The van der Waals surface area contributed by atoms with E-state index < -0.39 is 27.4 Å². The van der Waals surface area contributed by atoms with Crippen LogP contribution in [0.2, 0.25) is 10.0 Å². The topological polar surface area (TPSA) is 69.7 Å². The van der Waals surface area contributed by atoms with Gasteiger partial charge in [-0.1, -0.05) is 35.3 Å². The van der Waals surface area contributed by atoms with Crippen LogP contribution in [0.5, 0.6) is 0 Å². The van der Waals surface area contributed by atoms with Crippen molar-refractivity contribution in [2.24, 2.45) is 0 Å². The lowest BCUT2D eigenvalue weighted by Crippen LogP contribution is -2.26. The number of ether oxygens (including phenoxy) is 1. The van der Waals surface area contributed by atoms with Crippen molar-refractivity contribution >= 4 is 50.6 Å². The van der Waals surface area contributed by atoms with Gasteiger partial charge in [0.25, 0.3) is 0 Å². The summed E-state index contributed by atoms with van der Waals surface area (Å²) in [5.41, 5.74) is -4.47. The fourth-order valence-corrected chi connectivity index (χ4v) is 4.07. The van der Waals surface area contributed by atoms with E-state index in [2.05, 4.69) is 8.92 Å². The molecule has 0 saturated carbocycles. The van der Waals surface area contributed by atoms with Crippen molar-refractivity contribution in [2.75, 3.05) is 7.11 Å². The molecule has 0 amide bonds. The first-order valence-electron chi connectivity index (χ1n) is 8.35. The summed E-state index contributed by atoms with van der Waals surface area (Å²) in [6.07, 6.45) is 0.412. The highest BCUT2D eigenvalue weighted by atomic mass is 35.5. The van der Waals surface area contributed by atoms with E-state index in [1.807, 2.05) is 0 Å². The summed E-state index contributed by atoms with van der Waals surface area (Å²) in [5, 5.41) is 0.422. The Kier molecular flexibility index (Phi) is 6.08. The fraction of sp³-hybridized carbons (Fsp3) is 0.211. The molecule has 11 heteroatoms. The first-order valence-corrected chi connectivity index (χ1v) is 10.5. The highest BCUT2D eigenvalue weighted by molar-refractivity contribution is 7.87. The number of rotatable bonds is 4. The van der Waals surface area contributed by atoms with Gasteiger partial charge < -0.3 is 8.92 Å². The average molecular weight is 481 g/mol. The quantitative estimate of drug-likeness (QED) is 0.330. The summed E-state index contributed by atoms with van der Waals surface area (Å²) in [7, 11) is -4.76. The van der Waals surface area contributed by atoms with Crippen molar-refractivity contribution in [1.82, 2.24) is 0 Å². The molecule has 0 fully saturated rings. The van der Waals surface area contributed by atoms with Gasteiger partial charge >= 0.3 is 21.6 Å². The van der Waals surface area contributed by atoms with Crippen molar-refractivity contribution in [3.63, 3.8) is 0 Å². The molecular formula is C19H13Cl2F3O5S. The Morgan fingerprint density at radius 3 is 2.30 bits per heavy atom. The molecule has 0 spiro atoms. The van der Waals surface area contributed by atoms with E-state index in [-0.39, 0.29) is 33.7 Å². The zero-order valence-corrected chi connectivity index (χ0v) is 17.5. The van der Waals surface area contributed by atoms with Gasteiger partial charge in [-0.2, -0.15) is 21.6 Å². The van der Waals surface area contributed by atoms with Gasteiger partial charge in [-0.05, 0) is 42.7 Å².